The molecule has 0 unspecified atom stereocenters. The minimum absolute atomic E-state index is 0.820. The smallest absolute Gasteiger partial charge is 0.0406 e. The van der Waals surface area contributed by atoms with Crippen LogP contribution in [0.15, 0.2) is 24.3 Å². The second-order valence-corrected chi connectivity index (χ2v) is 4.40. The van der Waals surface area contributed by atoms with Gasteiger partial charge < -0.3 is 10.2 Å². The Balaban J connectivity index is 1.79. The normalized spacial score (nSPS) is 17.9. The van der Waals surface area contributed by atoms with Crippen molar-refractivity contribution < 1.29 is 0 Å². The van der Waals surface area contributed by atoms with Crippen LogP contribution in [0.1, 0.15) is 5.56 Å². The van der Waals surface area contributed by atoms with Gasteiger partial charge in [0.2, 0.25) is 0 Å². The average Bonchev–Trinajstić information content (AvgIpc) is 2.30. The molecule has 0 aliphatic carbocycles. The Morgan fingerprint density at radius 3 is 2.47 bits per heavy atom. The zero-order valence-electron chi connectivity index (χ0n) is 8.88. The van der Waals surface area contributed by atoms with E-state index in [0.717, 1.165) is 31.1 Å². The molecular weight excluding hydrogens is 208 g/mol. The summed E-state index contributed by atoms with van der Waals surface area (Å²) in [5, 5.41) is 4.18. The maximum atomic E-state index is 5.84. The van der Waals surface area contributed by atoms with Gasteiger partial charge in [0.1, 0.15) is 0 Å². The Morgan fingerprint density at radius 2 is 1.80 bits per heavy atom. The van der Waals surface area contributed by atoms with Crippen LogP contribution in [0.4, 0.5) is 0 Å². The Labute approximate surface area is 96.2 Å². The molecule has 15 heavy (non-hydrogen) atoms. The lowest BCUT2D eigenvalue weighted by molar-refractivity contribution is 0.244. The first-order valence-electron chi connectivity index (χ1n) is 5.52. The molecule has 0 aromatic heterocycles. The van der Waals surface area contributed by atoms with E-state index in [1.54, 1.807) is 0 Å². The maximum Gasteiger partial charge on any atom is 0.0406 e. The first-order chi connectivity index (χ1) is 7.34. The van der Waals surface area contributed by atoms with Gasteiger partial charge in [-0.15, -0.1) is 0 Å². The summed E-state index contributed by atoms with van der Waals surface area (Å²) >= 11 is 5.84. The van der Waals surface area contributed by atoms with Crippen LogP contribution in [-0.4, -0.2) is 37.6 Å². The average molecular weight is 225 g/mol. The Hall–Kier alpha value is -0.570. The van der Waals surface area contributed by atoms with Crippen LogP contribution in [0.3, 0.4) is 0 Å². The molecule has 0 saturated carbocycles. The highest BCUT2D eigenvalue weighted by Gasteiger charge is 2.08. The molecule has 0 bridgehead atoms. The van der Waals surface area contributed by atoms with Crippen molar-refractivity contribution in [1.29, 1.82) is 0 Å². The fourth-order valence-electron chi connectivity index (χ4n) is 1.87. The number of nitrogens with one attached hydrogen (secondary N) is 1. The molecule has 1 saturated heterocycles. The quantitative estimate of drug-likeness (QED) is 0.842. The number of benzene rings is 1. The van der Waals surface area contributed by atoms with E-state index in [9.17, 15) is 0 Å². The van der Waals surface area contributed by atoms with Gasteiger partial charge in [-0.2, -0.15) is 0 Å². The largest absolute Gasteiger partial charge is 0.314 e. The molecule has 3 heteroatoms. The van der Waals surface area contributed by atoms with Crippen LogP contribution in [0, 0.1) is 0 Å². The summed E-state index contributed by atoms with van der Waals surface area (Å²) in [7, 11) is 0. The van der Waals surface area contributed by atoms with E-state index < -0.39 is 0 Å². The fourth-order valence-corrected chi connectivity index (χ4v) is 2.00. The van der Waals surface area contributed by atoms with Crippen LogP contribution in [0.5, 0.6) is 0 Å². The first kappa shape index (κ1) is 10.9. The summed E-state index contributed by atoms with van der Waals surface area (Å²) in [5.74, 6) is 0. The number of hydrogen-bond donors (Lipinski definition) is 1. The number of halogens is 1. The van der Waals surface area contributed by atoms with Gasteiger partial charge in [-0.3, -0.25) is 0 Å². The summed E-state index contributed by atoms with van der Waals surface area (Å²) < 4.78 is 0. The van der Waals surface area contributed by atoms with Gasteiger partial charge in [0, 0.05) is 37.7 Å². The van der Waals surface area contributed by atoms with Gasteiger partial charge in [0.05, 0.1) is 0 Å². The van der Waals surface area contributed by atoms with Gasteiger partial charge in [0.15, 0.2) is 0 Å². The molecule has 0 spiro atoms. The molecule has 1 fully saturated rings. The summed E-state index contributed by atoms with van der Waals surface area (Å²) in [5.41, 5.74) is 1.37. The highest BCUT2D eigenvalue weighted by atomic mass is 35.5. The molecule has 1 aliphatic rings. The fraction of sp³-hybridized carbons (Fsp3) is 0.500. The van der Waals surface area contributed by atoms with E-state index >= 15 is 0 Å². The van der Waals surface area contributed by atoms with Gasteiger partial charge in [-0.25, -0.2) is 0 Å². The second kappa shape index (κ2) is 5.50. The third-order valence-corrected chi connectivity index (χ3v) is 3.09. The highest BCUT2D eigenvalue weighted by molar-refractivity contribution is 6.30. The van der Waals surface area contributed by atoms with E-state index in [0.29, 0.717) is 0 Å². The monoisotopic (exact) mass is 224 g/mol. The van der Waals surface area contributed by atoms with Gasteiger partial charge >= 0.3 is 0 Å². The Bertz CT molecular complexity index is 291. The van der Waals surface area contributed by atoms with Gasteiger partial charge in [-0.1, -0.05) is 23.7 Å². The third-order valence-electron chi connectivity index (χ3n) is 2.84. The first-order valence-corrected chi connectivity index (χ1v) is 5.90. The second-order valence-electron chi connectivity index (χ2n) is 3.97. The van der Waals surface area contributed by atoms with E-state index in [4.69, 9.17) is 11.6 Å². The standard InChI is InChI=1S/C12H17ClN2/c13-12-3-1-11(2-4-12)5-8-15-9-6-14-7-10-15/h1-4,14H,5-10H2. The van der Waals surface area contributed by atoms with Crippen LogP contribution in [-0.2, 0) is 6.42 Å². The lowest BCUT2D eigenvalue weighted by atomic mass is 10.1. The van der Waals surface area contributed by atoms with Crippen molar-refractivity contribution in [2.24, 2.45) is 0 Å². The number of nitrogens with zero attached hydrogens (tertiary/aromatic N) is 1. The highest BCUT2D eigenvalue weighted by Crippen LogP contribution is 2.10. The van der Waals surface area contributed by atoms with Crippen LogP contribution < -0.4 is 5.32 Å². The summed E-state index contributed by atoms with van der Waals surface area (Å²) in [6.07, 6.45) is 1.12. The molecule has 82 valence electrons. The molecule has 1 aromatic carbocycles. The minimum atomic E-state index is 0.820. The third kappa shape index (κ3) is 3.49. The number of piperazine rings is 1. The van der Waals surface area contributed by atoms with Crippen LogP contribution in [0.2, 0.25) is 5.02 Å². The van der Waals surface area contributed by atoms with Crippen molar-refractivity contribution >= 4 is 11.6 Å². The number of rotatable bonds is 3. The van der Waals surface area contributed by atoms with Gasteiger partial charge in [-0.05, 0) is 24.1 Å². The molecule has 1 heterocycles. The maximum absolute atomic E-state index is 5.84. The van der Waals surface area contributed by atoms with Crippen molar-refractivity contribution in [1.82, 2.24) is 10.2 Å². The topological polar surface area (TPSA) is 15.3 Å². The van der Waals surface area contributed by atoms with Crippen molar-refractivity contribution in [2.75, 3.05) is 32.7 Å². The molecule has 2 rings (SSSR count). The van der Waals surface area contributed by atoms with Crippen molar-refractivity contribution in [3.63, 3.8) is 0 Å². The molecule has 0 amide bonds. The number of hydrogen-bond acceptors (Lipinski definition) is 2. The summed E-state index contributed by atoms with van der Waals surface area (Å²) in [4.78, 5) is 2.51. The van der Waals surface area contributed by atoms with E-state index in [2.05, 4.69) is 22.3 Å². The van der Waals surface area contributed by atoms with Crippen molar-refractivity contribution in [3.05, 3.63) is 34.9 Å². The zero-order chi connectivity index (χ0) is 10.5. The molecule has 1 N–H and O–H groups in total. The molecule has 2 nitrogen and oxygen atoms in total. The van der Waals surface area contributed by atoms with E-state index in [1.807, 2.05) is 12.1 Å². The predicted molar refractivity (Wildman–Crippen MR) is 64.5 cm³/mol. The minimum Gasteiger partial charge on any atom is -0.314 e. The molecule has 1 aromatic rings. The molecule has 0 radical (unpaired) electrons. The van der Waals surface area contributed by atoms with Crippen LogP contribution >= 0.6 is 11.6 Å². The zero-order valence-corrected chi connectivity index (χ0v) is 9.63. The van der Waals surface area contributed by atoms with E-state index in [-0.39, 0.29) is 0 Å². The van der Waals surface area contributed by atoms with Gasteiger partial charge in [0.25, 0.3) is 0 Å². The lowest BCUT2D eigenvalue weighted by Gasteiger charge is -2.27. The lowest BCUT2D eigenvalue weighted by Crippen LogP contribution is -2.44. The molecule has 0 atom stereocenters. The predicted octanol–water partition coefficient (Wildman–Crippen LogP) is 1.79. The summed E-state index contributed by atoms with van der Waals surface area (Å²) in [6, 6.07) is 8.17. The molecular formula is C12H17ClN2. The Morgan fingerprint density at radius 1 is 1.13 bits per heavy atom. The van der Waals surface area contributed by atoms with Crippen LogP contribution in [0.25, 0.3) is 0 Å². The summed E-state index contributed by atoms with van der Waals surface area (Å²) in [6.45, 7) is 5.76. The van der Waals surface area contributed by atoms with Crippen molar-refractivity contribution in [3.8, 4) is 0 Å². The SMILES string of the molecule is Clc1ccc(CCN2CCNCC2)cc1. The van der Waals surface area contributed by atoms with E-state index in [1.165, 1.54) is 18.7 Å². The molecule has 1 aliphatic heterocycles. The Kier molecular flexibility index (Phi) is 4.01. The van der Waals surface area contributed by atoms with Crippen molar-refractivity contribution in [2.45, 2.75) is 6.42 Å².